The van der Waals surface area contributed by atoms with Crippen LogP contribution in [0.3, 0.4) is 0 Å². The van der Waals surface area contributed by atoms with Gasteiger partial charge in [-0.1, -0.05) is 35.4 Å². The van der Waals surface area contributed by atoms with Crippen molar-refractivity contribution in [1.29, 1.82) is 0 Å². The third kappa shape index (κ3) is 1.87. The predicted octanol–water partition coefficient (Wildman–Crippen LogP) is 2.83. The average molecular weight is 189 g/mol. The molecule has 4 heteroatoms. The van der Waals surface area contributed by atoms with E-state index in [0.717, 1.165) is 12.0 Å². The first-order chi connectivity index (χ1) is 6.90. The van der Waals surface area contributed by atoms with Gasteiger partial charge in [0.2, 0.25) is 0 Å². The summed E-state index contributed by atoms with van der Waals surface area (Å²) in [5, 5.41) is 3.65. The number of hydrogen-bond acceptors (Lipinski definition) is 2. The van der Waals surface area contributed by atoms with Crippen molar-refractivity contribution in [2.45, 2.75) is 18.6 Å². The number of nitrogens with zero attached hydrogens (tertiary/aromatic N) is 3. The van der Waals surface area contributed by atoms with Gasteiger partial charge in [-0.3, -0.25) is 0 Å². The van der Waals surface area contributed by atoms with Gasteiger partial charge in [-0.2, -0.15) is 0 Å². The maximum Gasteiger partial charge on any atom is 0.0829 e. The van der Waals surface area contributed by atoms with Crippen LogP contribution >= 0.6 is 0 Å². The molecular weight excluding hydrogens is 178 g/mol. The fourth-order valence-corrected chi connectivity index (χ4v) is 1.66. The van der Waals surface area contributed by atoms with E-state index >= 15 is 0 Å². The van der Waals surface area contributed by atoms with E-state index in [0.29, 0.717) is 6.61 Å². The van der Waals surface area contributed by atoms with Crippen LogP contribution in [0.25, 0.3) is 10.4 Å². The van der Waals surface area contributed by atoms with Crippen molar-refractivity contribution < 1.29 is 4.74 Å². The van der Waals surface area contributed by atoms with Crippen molar-refractivity contribution in [3.8, 4) is 0 Å². The Kier molecular flexibility index (Phi) is 2.68. The fraction of sp³-hybridized carbons (Fsp3) is 0.400. The van der Waals surface area contributed by atoms with Gasteiger partial charge in [0.05, 0.1) is 18.8 Å². The second-order valence-corrected chi connectivity index (χ2v) is 3.33. The first kappa shape index (κ1) is 9.06. The van der Waals surface area contributed by atoms with Gasteiger partial charge >= 0.3 is 0 Å². The molecule has 2 atom stereocenters. The predicted molar refractivity (Wildman–Crippen MR) is 52.7 cm³/mol. The van der Waals surface area contributed by atoms with Crippen LogP contribution in [0.5, 0.6) is 0 Å². The minimum absolute atomic E-state index is 0.00907. The van der Waals surface area contributed by atoms with Gasteiger partial charge < -0.3 is 4.74 Å². The summed E-state index contributed by atoms with van der Waals surface area (Å²) < 4.78 is 5.54. The first-order valence-corrected chi connectivity index (χ1v) is 4.61. The second kappa shape index (κ2) is 4.13. The van der Waals surface area contributed by atoms with E-state index in [1.807, 2.05) is 30.3 Å². The van der Waals surface area contributed by atoms with Gasteiger partial charge in [0, 0.05) is 4.91 Å². The lowest BCUT2D eigenvalue weighted by molar-refractivity contribution is 0.110. The first-order valence-electron chi connectivity index (χ1n) is 4.61. The van der Waals surface area contributed by atoms with Gasteiger partial charge in [0.25, 0.3) is 0 Å². The summed E-state index contributed by atoms with van der Waals surface area (Å²) in [6.07, 6.45) is 0.875. The van der Waals surface area contributed by atoms with Gasteiger partial charge in [0.1, 0.15) is 0 Å². The monoisotopic (exact) mass is 189 g/mol. The summed E-state index contributed by atoms with van der Waals surface area (Å²) in [4.78, 5) is 2.79. The van der Waals surface area contributed by atoms with Crippen molar-refractivity contribution in [1.82, 2.24) is 0 Å². The lowest BCUT2D eigenvalue weighted by atomic mass is 10.1. The Morgan fingerprint density at radius 3 is 2.86 bits per heavy atom. The van der Waals surface area contributed by atoms with Gasteiger partial charge in [-0.15, -0.1) is 0 Å². The van der Waals surface area contributed by atoms with E-state index in [1.165, 1.54) is 0 Å². The highest BCUT2D eigenvalue weighted by molar-refractivity contribution is 5.18. The molecule has 1 aromatic rings. The lowest BCUT2D eigenvalue weighted by Crippen LogP contribution is -1.99. The third-order valence-corrected chi connectivity index (χ3v) is 2.36. The Labute approximate surface area is 82.1 Å². The highest BCUT2D eigenvalue weighted by Gasteiger charge is 2.25. The van der Waals surface area contributed by atoms with E-state index in [4.69, 9.17) is 10.3 Å². The summed E-state index contributed by atoms with van der Waals surface area (Å²) in [5.41, 5.74) is 9.44. The van der Waals surface area contributed by atoms with Crippen LogP contribution in [0.4, 0.5) is 0 Å². The molecule has 0 saturated carbocycles. The molecule has 1 heterocycles. The van der Waals surface area contributed by atoms with E-state index in [9.17, 15) is 0 Å². The molecule has 0 aromatic heterocycles. The summed E-state index contributed by atoms with van der Waals surface area (Å²) in [5.74, 6) is 0. The van der Waals surface area contributed by atoms with Gasteiger partial charge in [0.15, 0.2) is 0 Å². The van der Waals surface area contributed by atoms with Crippen LogP contribution < -0.4 is 0 Å². The molecule has 0 spiro atoms. The molecule has 1 aromatic carbocycles. The Hall–Kier alpha value is -1.51. The molecule has 4 nitrogen and oxygen atoms in total. The lowest BCUT2D eigenvalue weighted by Gasteiger charge is -2.08. The van der Waals surface area contributed by atoms with Crippen molar-refractivity contribution >= 4 is 0 Å². The zero-order valence-corrected chi connectivity index (χ0v) is 7.71. The molecule has 0 radical (unpaired) electrons. The molecule has 72 valence electrons. The second-order valence-electron chi connectivity index (χ2n) is 3.33. The molecule has 1 fully saturated rings. The summed E-state index contributed by atoms with van der Waals surface area (Å²) in [6, 6.07) is 10.00. The number of azide groups is 1. The Bertz CT molecular complexity index is 346. The van der Waals surface area contributed by atoms with Crippen molar-refractivity contribution in [2.24, 2.45) is 5.11 Å². The highest BCUT2D eigenvalue weighted by Crippen LogP contribution is 2.29. The molecule has 1 saturated heterocycles. The molecule has 1 aliphatic heterocycles. The van der Waals surface area contributed by atoms with E-state index in [1.54, 1.807) is 0 Å². The molecule has 0 bridgehead atoms. The van der Waals surface area contributed by atoms with Crippen molar-refractivity contribution in [2.75, 3.05) is 6.61 Å². The standard InChI is InChI=1S/C10H11N3O/c11-13-12-9-6-10(14-7-9)8-4-2-1-3-5-8/h1-5,9-10H,6-7H2. The number of ether oxygens (including phenoxy) is 1. The minimum Gasteiger partial charge on any atom is -0.373 e. The van der Waals surface area contributed by atoms with Crippen LogP contribution in [-0.4, -0.2) is 12.6 Å². The molecule has 14 heavy (non-hydrogen) atoms. The maximum atomic E-state index is 8.29. The van der Waals surface area contributed by atoms with Crippen LogP contribution in [0, 0.1) is 0 Å². The quantitative estimate of drug-likeness (QED) is 0.401. The zero-order valence-electron chi connectivity index (χ0n) is 7.71. The largest absolute Gasteiger partial charge is 0.373 e. The summed E-state index contributed by atoms with van der Waals surface area (Å²) >= 11 is 0. The highest BCUT2D eigenvalue weighted by atomic mass is 16.5. The maximum absolute atomic E-state index is 8.29. The van der Waals surface area contributed by atoms with Gasteiger partial charge in [-0.25, -0.2) is 0 Å². The van der Waals surface area contributed by atoms with E-state index in [2.05, 4.69) is 10.0 Å². The third-order valence-electron chi connectivity index (χ3n) is 2.36. The van der Waals surface area contributed by atoms with E-state index < -0.39 is 0 Å². The normalized spacial score (nSPS) is 25.7. The van der Waals surface area contributed by atoms with Crippen molar-refractivity contribution in [3.63, 3.8) is 0 Å². The molecule has 0 N–H and O–H groups in total. The fourth-order valence-electron chi connectivity index (χ4n) is 1.66. The number of rotatable bonds is 2. The molecule has 1 aliphatic rings. The molecule has 0 aliphatic carbocycles. The van der Waals surface area contributed by atoms with Crippen molar-refractivity contribution in [3.05, 3.63) is 46.3 Å². The summed E-state index contributed by atoms with van der Waals surface area (Å²) in [7, 11) is 0. The van der Waals surface area contributed by atoms with Crippen LogP contribution in [0.1, 0.15) is 18.1 Å². The minimum atomic E-state index is -0.00907. The molecule has 0 amide bonds. The topological polar surface area (TPSA) is 58.0 Å². The Morgan fingerprint density at radius 2 is 2.14 bits per heavy atom. The molecular formula is C10H11N3O. The SMILES string of the molecule is [N-]=[N+]=NC1COC(c2ccccc2)C1. The van der Waals surface area contributed by atoms with Crippen LogP contribution in [0.2, 0.25) is 0 Å². The van der Waals surface area contributed by atoms with Crippen LogP contribution in [-0.2, 0) is 4.74 Å². The van der Waals surface area contributed by atoms with Gasteiger partial charge in [-0.05, 0) is 17.5 Å². The number of benzene rings is 1. The number of hydrogen-bond donors (Lipinski definition) is 0. The van der Waals surface area contributed by atoms with Crippen LogP contribution in [0.15, 0.2) is 35.4 Å². The molecule has 2 rings (SSSR count). The average Bonchev–Trinajstić information content (AvgIpc) is 2.68. The Morgan fingerprint density at radius 1 is 1.36 bits per heavy atom. The zero-order chi connectivity index (χ0) is 9.80. The Balaban J connectivity index is 2.06. The smallest absolute Gasteiger partial charge is 0.0829 e. The summed E-state index contributed by atoms with van der Waals surface area (Å²) in [6.45, 7) is 0.531. The van der Waals surface area contributed by atoms with E-state index in [-0.39, 0.29) is 12.1 Å². The molecule has 2 unspecified atom stereocenters.